The molecule has 5 rings (SSSR count). The first-order valence-electron chi connectivity index (χ1n) is 11.2. The van der Waals surface area contributed by atoms with Gasteiger partial charge in [-0.15, -0.1) is 0 Å². The molecule has 32 heavy (non-hydrogen) atoms. The van der Waals surface area contributed by atoms with Gasteiger partial charge in [-0.05, 0) is 43.7 Å². The van der Waals surface area contributed by atoms with Crippen molar-refractivity contribution >= 4 is 23.0 Å². The summed E-state index contributed by atoms with van der Waals surface area (Å²) in [6, 6.07) is 20.9. The first kappa shape index (κ1) is 20.7. The van der Waals surface area contributed by atoms with Crippen molar-refractivity contribution in [3.8, 4) is 0 Å². The maximum atomic E-state index is 5.91. The molecule has 1 unspecified atom stereocenters. The Kier molecular flexibility index (Phi) is 5.92. The summed E-state index contributed by atoms with van der Waals surface area (Å²) >= 11 is 0. The lowest BCUT2D eigenvalue weighted by molar-refractivity contribution is -0.00521. The summed E-state index contributed by atoms with van der Waals surface area (Å²) in [6.45, 7) is 6.73. The molecule has 1 aromatic heterocycles. The Morgan fingerprint density at radius 2 is 1.69 bits per heavy atom. The maximum Gasteiger partial charge on any atom is 0.158 e. The second-order valence-electron chi connectivity index (χ2n) is 8.47. The third-order valence-electron chi connectivity index (χ3n) is 5.89. The van der Waals surface area contributed by atoms with Crippen molar-refractivity contribution in [2.75, 3.05) is 35.0 Å². The van der Waals surface area contributed by atoms with Gasteiger partial charge in [0.2, 0.25) is 0 Å². The van der Waals surface area contributed by atoms with E-state index in [2.05, 4.69) is 82.6 Å². The van der Waals surface area contributed by atoms with Gasteiger partial charge in [0.25, 0.3) is 0 Å². The van der Waals surface area contributed by atoms with Crippen molar-refractivity contribution in [3.05, 3.63) is 72.6 Å². The van der Waals surface area contributed by atoms with Gasteiger partial charge in [0, 0.05) is 37.0 Å². The highest BCUT2D eigenvalue weighted by atomic mass is 16.7. The quantitative estimate of drug-likeness (QED) is 0.627. The Bertz CT molecular complexity index is 1020. The Hall–Kier alpha value is -3.16. The van der Waals surface area contributed by atoms with Gasteiger partial charge in [-0.1, -0.05) is 30.3 Å². The third-order valence-corrected chi connectivity index (χ3v) is 5.89. The van der Waals surface area contributed by atoms with Crippen LogP contribution in [0.25, 0.3) is 0 Å². The van der Waals surface area contributed by atoms with Crippen LogP contribution >= 0.6 is 0 Å². The average Bonchev–Trinajstić information content (AvgIpc) is 3.30. The molecule has 2 aromatic carbocycles. The van der Waals surface area contributed by atoms with Gasteiger partial charge in [-0.25, -0.2) is 15.0 Å². The molecule has 166 valence electrons. The minimum Gasteiger partial charge on any atom is -0.372 e. The number of nitrogens with one attached hydrogen (secondary N) is 1. The zero-order chi connectivity index (χ0) is 21.9. The first-order chi connectivity index (χ1) is 15.7. The molecule has 3 aromatic rings. The number of aromatic nitrogens is 2. The van der Waals surface area contributed by atoms with Gasteiger partial charge >= 0.3 is 0 Å². The number of nitrogens with zero attached hydrogens (tertiary/aromatic N) is 4. The summed E-state index contributed by atoms with van der Waals surface area (Å²) in [7, 11) is 0. The number of hydroxylamine groups is 1. The van der Waals surface area contributed by atoms with E-state index in [-0.39, 0.29) is 18.2 Å². The molecule has 2 saturated heterocycles. The fourth-order valence-corrected chi connectivity index (χ4v) is 4.50. The summed E-state index contributed by atoms with van der Waals surface area (Å²) in [5.74, 6) is 1.49. The molecule has 3 heterocycles. The van der Waals surface area contributed by atoms with Crippen molar-refractivity contribution in [1.29, 1.82) is 0 Å². The molecule has 0 bridgehead atoms. The maximum absolute atomic E-state index is 5.91. The number of hydrogen-bond donors (Lipinski definition) is 1. The van der Waals surface area contributed by atoms with Gasteiger partial charge < -0.3 is 15.0 Å². The monoisotopic (exact) mass is 431 g/mol. The summed E-state index contributed by atoms with van der Waals surface area (Å²) in [6.07, 6.45) is 2.98. The van der Waals surface area contributed by atoms with Gasteiger partial charge in [-0.3, -0.25) is 4.84 Å². The standard InChI is InChI=1S/C25H29N5O2/c1-18-15-29(16-19(2)32-18)22-10-8-21(9-11-22)28-24-14-25(27-17-26-24)30-23(12-13-31-30)20-6-4-3-5-7-20/h3-11,14,17-19,23H,12-13,15-16H2,1-2H3,(H,26,27,28)/t18-,19+,23?. The van der Waals surface area contributed by atoms with E-state index in [9.17, 15) is 0 Å². The molecule has 7 nitrogen and oxygen atoms in total. The van der Waals surface area contributed by atoms with Gasteiger partial charge in [0.05, 0.1) is 24.9 Å². The Labute approximate surface area is 189 Å². The number of rotatable bonds is 5. The van der Waals surface area contributed by atoms with Crippen molar-refractivity contribution in [2.45, 2.75) is 38.5 Å². The van der Waals surface area contributed by atoms with Gasteiger partial charge in [-0.2, -0.15) is 0 Å². The highest BCUT2D eigenvalue weighted by Crippen LogP contribution is 2.34. The Morgan fingerprint density at radius 1 is 0.938 bits per heavy atom. The predicted molar refractivity (Wildman–Crippen MR) is 126 cm³/mol. The summed E-state index contributed by atoms with van der Waals surface area (Å²) in [5, 5.41) is 5.29. The van der Waals surface area contributed by atoms with Crippen LogP contribution in [0.5, 0.6) is 0 Å². The number of hydrogen-bond acceptors (Lipinski definition) is 7. The minimum atomic E-state index is 0.150. The summed E-state index contributed by atoms with van der Waals surface area (Å²) < 4.78 is 5.85. The van der Waals surface area contributed by atoms with E-state index in [1.807, 2.05) is 17.2 Å². The molecule has 0 radical (unpaired) electrons. The van der Waals surface area contributed by atoms with E-state index in [1.54, 1.807) is 6.33 Å². The third kappa shape index (κ3) is 4.54. The molecule has 2 fully saturated rings. The molecule has 2 aliphatic heterocycles. The van der Waals surface area contributed by atoms with Crippen LogP contribution in [0.1, 0.15) is 31.9 Å². The van der Waals surface area contributed by atoms with Crippen LogP contribution in [0, 0.1) is 0 Å². The molecular formula is C25H29N5O2. The van der Waals surface area contributed by atoms with Crippen LogP contribution in [-0.4, -0.2) is 41.9 Å². The van der Waals surface area contributed by atoms with Crippen molar-refractivity contribution < 1.29 is 9.57 Å². The Balaban J connectivity index is 1.29. The molecule has 0 saturated carbocycles. The topological polar surface area (TPSA) is 62.8 Å². The Morgan fingerprint density at radius 3 is 2.44 bits per heavy atom. The highest BCUT2D eigenvalue weighted by Gasteiger charge is 2.29. The normalized spacial score (nSPS) is 23.4. The molecule has 3 atom stereocenters. The molecule has 0 amide bonds. The minimum absolute atomic E-state index is 0.150. The molecule has 2 aliphatic rings. The lowest BCUT2D eigenvalue weighted by atomic mass is 10.0. The number of anilines is 4. The van der Waals surface area contributed by atoms with Crippen molar-refractivity contribution in [2.24, 2.45) is 0 Å². The largest absolute Gasteiger partial charge is 0.372 e. The van der Waals surface area contributed by atoms with E-state index in [0.717, 1.165) is 36.8 Å². The van der Waals surface area contributed by atoms with E-state index >= 15 is 0 Å². The van der Waals surface area contributed by atoms with E-state index in [0.29, 0.717) is 6.61 Å². The van der Waals surface area contributed by atoms with E-state index < -0.39 is 0 Å². The predicted octanol–water partition coefficient (Wildman–Crippen LogP) is 4.72. The van der Waals surface area contributed by atoms with E-state index in [1.165, 1.54) is 11.3 Å². The van der Waals surface area contributed by atoms with Crippen LogP contribution < -0.4 is 15.3 Å². The second kappa shape index (κ2) is 9.14. The summed E-state index contributed by atoms with van der Waals surface area (Å²) in [5.41, 5.74) is 3.41. The average molecular weight is 432 g/mol. The number of ether oxygens (including phenoxy) is 1. The van der Waals surface area contributed by atoms with Crippen molar-refractivity contribution in [3.63, 3.8) is 0 Å². The molecular weight excluding hydrogens is 402 g/mol. The fraction of sp³-hybridized carbons (Fsp3) is 0.360. The SMILES string of the molecule is C[C@@H]1CN(c2ccc(Nc3cc(N4OCCC4c4ccccc4)ncn3)cc2)C[C@H](C)O1. The van der Waals surface area contributed by atoms with Crippen LogP contribution in [0.15, 0.2) is 67.0 Å². The van der Waals surface area contributed by atoms with Gasteiger partial charge in [0.15, 0.2) is 5.82 Å². The molecule has 0 spiro atoms. The zero-order valence-corrected chi connectivity index (χ0v) is 18.5. The zero-order valence-electron chi connectivity index (χ0n) is 18.5. The lowest BCUT2D eigenvalue weighted by Gasteiger charge is -2.36. The molecule has 7 heteroatoms. The summed E-state index contributed by atoms with van der Waals surface area (Å²) in [4.78, 5) is 17.1. The highest BCUT2D eigenvalue weighted by molar-refractivity contribution is 5.62. The lowest BCUT2D eigenvalue weighted by Crippen LogP contribution is -2.45. The number of benzene rings is 2. The second-order valence-corrected chi connectivity index (χ2v) is 8.47. The van der Waals surface area contributed by atoms with E-state index in [4.69, 9.17) is 9.57 Å². The van der Waals surface area contributed by atoms with Crippen LogP contribution in [0.3, 0.4) is 0 Å². The number of morpholine rings is 1. The van der Waals surface area contributed by atoms with Crippen molar-refractivity contribution in [1.82, 2.24) is 9.97 Å². The fourth-order valence-electron chi connectivity index (χ4n) is 4.50. The molecule has 1 N–H and O–H groups in total. The van der Waals surface area contributed by atoms with Crippen LogP contribution in [-0.2, 0) is 9.57 Å². The molecule has 0 aliphatic carbocycles. The van der Waals surface area contributed by atoms with Gasteiger partial charge in [0.1, 0.15) is 12.1 Å². The smallest absolute Gasteiger partial charge is 0.158 e. The van der Waals surface area contributed by atoms with Crippen LogP contribution in [0.4, 0.5) is 23.0 Å². The first-order valence-corrected chi connectivity index (χ1v) is 11.2. The van der Waals surface area contributed by atoms with Crippen LogP contribution in [0.2, 0.25) is 0 Å².